The Morgan fingerprint density at radius 2 is 1.83 bits per heavy atom. The standard InChI is InChI=1S/C38H38ClFN2O6/c1-37(17-18-42(37)36(44)47-23-24-7-5-4-6-8-24)27-21-31(25-9-13-30(40)29(39)19-25)41-35(22-27)38(2,45)16-15-32(43)26-10-14-33(34(20-26)46-3)48-28-11-12-28/h4-10,13-14,19-22,28,45H,11-12,15-18,23H2,1-3H3/t37-,38?/m1/s1. The molecule has 6 rings (SSSR count). The minimum atomic E-state index is -1.54. The van der Waals surface area contributed by atoms with E-state index in [-0.39, 0.29) is 36.4 Å². The van der Waals surface area contributed by atoms with Gasteiger partial charge in [0.25, 0.3) is 0 Å². The minimum absolute atomic E-state index is 0.0256. The maximum atomic E-state index is 14.1. The van der Waals surface area contributed by atoms with Crippen molar-refractivity contribution in [3.05, 3.63) is 112 Å². The molecule has 1 saturated heterocycles. The van der Waals surface area contributed by atoms with Crippen LogP contribution < -0.4 is 9.47 Å². The summed E-state index contributed by atoms with van der Waals surface area (Å²) in [7, 11) is 1.53. The number of Topliss-reactive ketones (excluding diaryl/α,β-unsaturated/α-hetero) is 1. The Morgan fingerprint density at radius 1 is 1.06 bits per heavy atom. The van der Waals surface area contributed by atoms with E-state index in [0.717, 1.165) is 18.4 Å². The normalized spacial score (nSPS) is 18.4. The molecule has 48 heavy (non-hydrogen) atoms. The molecule has 0 radical (unpaired) electrons. The molecule has 2 heterocycles. The second-order valence-electron chi connectivity index (χ2n) is 12.9. The number of aliphatic hydroxyl groups is 1. The van der Waals surface area contributed by atoms with Gasteiger partial charge in [-0.3, -0.25) is 9.69 Å². The van der Waals surface area contributed by atoms with Crippen LogP contribution in [0.3, 0.4) is 0 Å². The molecule has 1 saturated carbocycles. The molecule has 2 aliphatic rings. The van der Waals surface area contributed by atoms with Gasteiger partial charge in [0, 0.05) is 24.1 Å². The topological polar surface area (TPSA) is 98.2 Å². The summed E-state index contributed by atoms with van der Waals surface area (Å²) >= 11 is 6.14. The molecule has 1 aromatic heterocycles. The second kappa shape index (κ2) is 13.6. The van der Waals surface area contributed by atoms with Crippen molar-refractivity contribution in [3.8, 4) is 22.8 Å². The molecule has 1 N–H and O–H groups in total. The summed E-state index contributed by atoms with van der Waals surface area (Å²) in [5, 5.41) is 11.8. The number of ether oxygens (including phenoxy) is 3. The molecule has 3 aromatic carbocycles. The molecule has 250 valence electrons. The van der Waals surface area contributed by atoms with Crippen molar-refractivity contribution in [2.24, 2.45) is 0 Å². The molecule has 0 bridgehead atoms. The van der Waals surface area contributed by atoms with Crippen LogP contribution in [0.2, 0.25) is 5.02 Å². The van der Waals surface area contributed by atoms with E-state index >= 15 is 0 Å². The number of likely N-dealkylation sites (tertiary alicyclic amines) is 1. The van der Waals surface area contributed by atoms with Crippen LogP contribution in [0.4, 0.5) is 9.18 Å². The van der Waals surface area contributed by atoms with Gasteiger partial charge in [-0.1, -0.05) is 41.9 Å². The number of rotatable bonds is 12. The summed E-state index contributed by atoms with van der Waals surface area (Å²) in [6.45, 7) is 4.16. The molecule has 8 nitrogen and oxygen atoms in total. The van der Waals surface area contributed by atoms with Crippen molar-refractivity contribution >= 4 is 23.5 Å². The zero-order valence-electron chi connectivity index (χ0n) is 27.2. The van der Waals surface area contributed by atoms with Crippen LogP contribution in [0.1, 0.15) is 73.1 Å². The third-order valence-electron chi connectivity index (χ3n) is 9.20. The molecular weight excluding hydrogens is 635 g/mol. The lowest BCUT2D eigenvalue weighted by atomic mass is 9.78. The van der Waals surface area contributed by atoms with Crippen molar-refractivity contribution in [1.29, 1.82) is 0 Å². The van der Waals surface area contributed by atoms with Gasteiger partial charge in [0.2, 0.25) is 0 Å². The maximum absolute atomic E-state index is 14.1. The summed E-state index contributed by atoms with van der Waals surface area (Å²) < 4.78 is 31.1. The molecule has 2 fully saturated rings. The number of hydrogen-bond acceptors (Lipinski definition) is 7. The number of carbonyl (C=O) groups is 2. The number of pyridine rings is 1. The first-order chi connectivity index (χ1) is 23.0. The first kappa shape index (κ1) is 33.4. The van der Waals surface area contributed by atoms with Crippen molar-refractivity contribution in [1.82, 2.24) is 9.88 Å². The average molecular weight is 673 g/mol. The highest BCUT2D eigenvalue weighted by atomic mass is 35.5. The van der Waals surface area contributed by atoms with Crippen LogP contribution in [0.5, 0.6) is 11.5 Å². The number of benzene rings is 3. The van der Waals surface area contributed by atoms with Crippen molar-refractivity contribution in [2.45, 2.75) is 69.8 Å². The summed E-state index contributed by atoms with van der Waals surface area (Å²) in [6, 6.07) is 22.4. The zero-order chi connectivity index (χ0) is 34.1. The van der Waals surface area contributed by atoms with Gasteiger partial charge in [-0.05, 0) is 99.2 Å². The molecule has 0 spiro atoms. The van der Waals surface area contributed by atoms with Gasteiger partial charge in [0.1, 0.15) is 18.0 Å². The largest absolute Gasteiger partial charge is 0.493 e. The van der Waals surface area contributed by atoms with Gasteiger partial charge < -0.3 is 19.3 Å². The lowest BCUT2D eigenvalue weighted by molar-refractivity contribution is -0.0103. The number of amides is 1. The van der Waals surface area contributed by atoms with Crippen molar-refractivity contribution in [3.63, 3.8) is 0 Å². The zero-order valence-corrected chi connectivity index (χ0v) is 27.9. The fraction of sp³-hybridized carbons (Fsp3) is 0.342. The first-order valence-corrected chi connectivity index (χ1v) is 16.4. The van der Waals surface area contributed by atoms with E-state index in [1.807, 2.05) is 43.3 Å². The van der Waals surface area contributed by atoms with E-state index < -0.39 is 23.1 Å². The predicted molar refractivity (Wildman–Crippen MR) is 180 cm³/mol. The van der Waals surface area contributed by atoms with Crippen LogP contribution in [-0.2, 0) is 22.5 Å². The van der Waals surface area contributed by atoms with Gasteiger partial charge in [-0.15, -0.1) is 0 Å². The average Bonchev–Trinajstić information content (AvgIpc) is 3.91. The second-order valence-corrected chi connectivity index (χ2v) is 13.3. The fourth-order valence-corrected chi connectivity index (χ4v) is 5.98. The Bertz CT molecular complexity index is 1830. The maximum Gasteiger partial charge on any atom is 0.410 e. The number of aromatic nitrogens is 1. The van der Waals surface area contributed by atoms with Gasteiger partial charge in [0.15, 0.2) is 17.3 Å². The number of methoxy groups -OCH3 is 1. The number of carbonyl (C=O) groups excluding carboxylic acids is 2. The van der Waals surface area contributed by atoms with Gasteiger partial charge >= 0.3 is 6.09 Å². The van der Waals surface area contributed by atoms with Gasteiger partial charge in [0.05, 0.1) is 35.2 Å². The summed E-state index contributed by atoms with van der Waals surface area (Å²) in [5.41, 5.74) is 1.02. The number of nitrogens with zero attached hydrogens (tertiary/aromatic N) is 2. The van der Waals surface area contributed by atoms with Crippen LogP contribution in [0, 0.1) is 5.82 Å². The van der Waals surface area contributed by atoms with E-state index in [1.54, 1.807) is 42.2 Å². The van der Waals surface area contributed by atoms with Crippen LogP contribution in [0.15, 0.2) is 78.9 Å². The molecule has 1 aliphatic carbocycles. The lowest BCUT2D eigenvalue weighted by Crippen LogP contribution is -2.58. The first-order valence-electron chi connectivity index (χ1n) is 16.0. The smallest absolute Gasteiger partial charge is 0.410 e. The third kappa shape index (κ3) is 7.17. The Kier molecular flexibility index (Phi) is 9.45. The SMILES string of the molecule is COc1cc(C(=O)CCC(C)(O)c2cc([C@@]3(C)CCN3C(=O)OCc3ccccc3)cc(-c3ccc(F)c(Cl)c3)n2)ccc1OC1CC1. The van der Waals surface area contributed by atoms with Gasteiger partial charge in [-0.25, -0.2) is 14.2 Å². The molecule has 1 aliphatic heterocycles. The lowest BCUT2D eigenvalue weighted by Gasteiger charge is -2.50. The predicted octanol–water partition coefficient (Wildman–Crippen LogP) is 8.22. The Balaban J connectivity index is 1.26. The Hall–Kier alpha value is -4.47. The highest BCUT2D eigenvalue weighted by molar-refractivity contribution is 6.31. The van der Waals surface area contributed by atoms with E-state index in [0.29, 0.717) is 52.5 Å². The van der Waals surface area contributed by atoms with Crippen LogP contribution in [-0.4, -0.2) is 46.6 Å². The molecule has 10 heteroatoms. The summed E-state index contributed by atoms with van der Waals surface area (Å²) in [4.78, 5) is 33.0. The van der Waals surface area contributed by atoms with Crippen molar-refractivity contribution in [2.75, 3.05) is 13.7 Å². The Morgan fingerprint density at radius 3 is 2.50 bits per heavy atom. The quantitative estimate of drug-likeness (QED) is 0.151. The van der Waals surface area contributed by atoms with E-state index in [9.17, 15) is 19.1 Å². The highest BCUT2D eigenvalue weighted by Crippen LogP contribution is 2.43. The van der Waals surface area contributed by atoms with Gasteiger partial charge in [-0.2, -0.15) is 0 Å². The molecule has 2 atom stereocenters. The third-order valence-corrected chi connectivity index (χ3v) is 9.49. The highest BCUT2D eigenvalue weighted by Gasteiger charge is 2.47. The number of ketones is 1. The molecular formula is C38H38ClFN2O6. The monoisotopic (exact) mass is 672 g/mol. The van der Waals surface area contributed by atoms with Crippen molar-refractivity contribution < 1.29 is 33.3 Å². The Labute approximate surface area is 284 Å². The minimum Gasteiger partial charge on any atom is -0.493 e. The molecule has 4 aromatic rings. The fourth-order valence-electron chi connectivity index (χ4n) is 5.80. The van der Waals surface area contributed by atoms with E-state index in [2.05, 4.69) is 0 Å². The molecule has 1 amide bonds. The van der Waals surface area contributed by atoms with Crippen LogP contribution in [0.25, 0.3) is 11.3 Å². The van der Waals surface area contributed by atoms with E-state index in [4.69, 9.17) is 30.8 Å². The van der Waals surface area contributed by atoms with E-state index in [1.165, 1.54) is 19.2 Å². The summed E-state index contributed by atoms with van der Waals surface area (Å²) in [6.07, 6.45) is 2.46. The molecule has 1 unspecified atom stereocenters. The number of halogens is 2. The summed E-state index contributed by atoms with van der Waals surface area (Å²) in [5.74, 6) is 0.341. The number of hydrogen-bond donors (Lipinski definition) is 1. The van der Waals surface area contributed by atoms with Crippen LogP contribution >= 0.6 is 11.6 Å².